The Morgan fingerprint density at radius 2 is 1.71 bits per heavy atom. The third-order valence-electron chi connectivity index (χ3n) is 4.02. The van der Waals surface area contributed by atoms with Crippen molar-refractivity contribution >= 4 is 17.1 Å². The lowest BCUT2D eigenvalue weighted by Crippen LogP contribution is -2.38. The minimum Gasteiger partial charge on any atom is -0.321 e. The largest absolute Gasteiger partial charge is 0.321 e. The summed E-state index contributed by atoms with van der Waals surface area (Å²) in [6.07, 6.45) is 2.18. The van der Waals surface area contributed by atoms with Crippen molar-refractivity contribution in [1.82, 2.24) is 4.98 Å². The third-order valence-corrected chi connectivity index (χ3v) is 5.01. The zero-order valence-electron chi connectivity index (χ0n) is 13.6. The maximum atomic E-state index is 12.8. The molecular formula is C20H20N2OS. The molecule has 3 aromatic rings. The Morgan fingerprint density at radius 1 is 1.08 bits per heavy atom. The van der Waals surface area contributed by atoms with Crippen molar-refractivity contribution in [1.29, 1.82) is 0 Å². The van der Waals surface area contributed by atoms with Crippen LogP contribution in [0.4, 0.5) is 0 Å². The number of nitrogens with two attached hydrogens (primary N) is 1. The first-order valence-electron chi connectivity index (χ1n) is 7.94. The molecule has 0 spiro atoms. The number of rotatable bonds is 6. The SMILES string of the molecule is Cc1cnc(C(c2ccccc2)C(N)C(=O)Cc2ccccc2)s1. The Balaban J connectivity index is 1.89. The molecule has 0 bridgehead atoms. The van der Waals surface area contributed by atoms with E-state index in [4.69, 9.17) is 5.73 Å². The van der Waals surface area contributed by atoms with Gasteiger partial charge in [0.25, 0.3) is 0 Å². The number of ketones is 1. The molecule has 1 aromatic heterocycles. The van der Waals surface area contributed by atoms with Gasteiger partial charge in [0.2, 0.25) is 0 Å². The van der Waals surface area contributed by atoms with Crippen LogP contribution in [0.1, 0.15) is 26.9 Å². The monoisotopic (exact) mass is 336 g/mol. The molecule has 0 fully saturated rings. The van der Waals surface area contributed by atoms with E-state index in [2.05, 4.69) is 4.98 Å². The Labute approximate surface area is 146 Å². The summed E-state index contributed by atoms with van der Waals surface area (Å²) >= 11 is 1.60. The quantitative estimate of drug-likeness (QED) is 0.746. The second-order valence-electron chi connectivity index (χ2n) is 5.85. The molecule has 2 atom stereocenters. The highest BCUT2D eigenvalue weighted by atomic mass is 32.1. The first-order chi connectivity index (χ1) is 11.6. The van der Waals surface area contributed by atoms with Gasteiger partial charge in [-0.2, -0.15) is 0 Å². The van der Waals surface area contributed by atoms with Gasteiger partial charge in [-0.15, -0.1) is 11.3 Å². The van der Waals surface area contributed by atoms with Crippen molar-refractivity contribution in [3.8, 4) is 0 Å². The molecule has 0 saturated heterocycles. The van der Waals surface area contributed by atoms with Gasteiger partial charge in [0.05, 0.1) is 12.0 Å². The predicted molar refractivity (Wildman–Crippen MR) is 98.3 cm³/mol. The topological polar surface area (TPSA) is 56.0 Å². The average Bonchev–Trinajstić information content (AvgIpc) is 3.03. The van der Waals surface area contributed by atoms with Gasteiger partial charge in [-0.3, -0.25) is 4.79 Å². The average molecular weight is 336 g/mol. The number of carbonyl (C=O) groups excluding carboxylic acids is 1. The van der Waals surface area contributed by atoms with E-state index in [-0.39, 0.29) is 11.7 Å². The van der Waals surface area contributed by atoms with Gasteiger partial charge in [-0.1, -0.05) is 60.7 Å². The van der Waals surface area contributed by atoms with E-state index in [0.717, 1.165) is 21.0 Å². The van der Waals surface area contributed by atoms with E-state index in [9.17, 15) is 4.79 Å². The molecule has 2 unspecified atom stereocenters. The van der Waals surface area contributed by atoms with Crippen LogP contribution in [0, 0.1) is 6.92 Å². The van der Waals surface area contributed by atoms with Gasteiger partial charge >= 0.3 is 0 Å². The van der Waals surface area contributed by atoms with Crippen LogP contribution in [-0.2, 0) is 11.2 Å². The number of nitrogens with zero attached hydrogens (tertiary/aromatic N) is 1. The van der Waals surface area contributed by atoms with Gasteiger partial charge in [0, 0.05) is 17.5 Å². The van der Waals surface area contributed by atoms with Gasteiger partial charge in [-0.25, -0.2) is 4.98 Å². The van der Waals surface area contributed by atoms with E-state index >= 15 is 0 Å². The maximum absolute atomic E-state index is 12.8. The fourth-order valence-corrected chi connectivity index (χ4v) is 3.73. The summed E-state index contributed by atoms with van der Waals surface area (Å²) in [4.78, 5) is 18.4. The smallest absolute Gasteiger partial charge is 0.154 e. The molecule has 0 radical (unpaired) electrons. The lowest BCUT2D eigenvalue weighted by atomic mass is 9.88. The maximum Gasteiger partial charge on any atom is 0.154 e. The Bertz CT molecular complexity index is 799. The van der Waals surface area contributed by atoms with Crippen LogP contribution in [0.15, 0.2) is 66.9 Å². The second-order valence-corrected chi connectivity index (χ2v) is 7.12. The fourth-order valence-electron chi connectivity index (χ4n) is 2.78. The summed E-state index contributed by atoms with van der Waals surface area (Å²) in [6, 6.07) is 19.0. The first kappa shape index (κ1) is 16.6. The normalized spacial score (nSPS) is 13.4. The van der Waals surface area contributed by atoms with Crippen molar-refractivity contribution in [2.75, 3.05) is 0 Å². The minimum absolute atomic E-state index is 0.0305. The summed E-state index contributed by atoms with van der Waals surface area (Å²) in [5.74, 6) is -0.177. The number of hydrogen-bond acceptors (Lipinski definition) is 4. The number of aromatic nitrogens is 1. The molecule has 24 heavy (non-hydrogen) atoms. The molecule has 2 aromatic carbocycles. The number of carbonyl (C=O) groups is 1. The molecule has 0 aliphatic carbocycles. The zero-order chi connectivity index (χ0) is 16.9. The number of thiazole rings is 1. The third kappa shape index (κ3) is 3.78. The van der Waals surface area contributed by atoms with Crippen molar-refractivity contribution in [2.24, 2.45) is 5.73 Å². The first-order valence-corrected chi connectivity index (χ1v) is 8.76. The number of benzene rings is 2. The van der Waals surface area contributed by atoms with Gasteiger partial charge in [0.15, 0.2) is 5.78 Å². The molecule has 4 heteroatoms. The summed E-state index contributed by atoms with van der Waals surface area (Å²) < 4.78 is 0. The van der Waals surface area contributed by atoms with E-state index in [0.29, 0.717) is 6.42 Å². The fraction of sp³-hybridized carbons (Fsp3) is 0.200. The molecule has 122 valence electrons. The van der Waals surface area contributed by atoms with Gasteiger partial charge in [-0.05, 0) is 18.1 Å². The highest BCUT2D eigenvalue weighted by Crippen LogP contribution is 2.31. The summed E-state index contributed by atoms with van der Waals surface area (Å²) in [7, 11) is 0. The van der Waals surface area contributed by atoms with Crippen molar-refractivity contribution < 1.29 is 4.79 Å². The zero-order valence-corrected chi connectivity index (χ0v) is 14.4. The summed E-state index contributed by atoms with van der Waals surface area (Å²) in [6.45, 7) is 2.01. The van der Waals surface area contributed by atoms with Crippen molar-refractivity contribution in [3.63, 3.8) is 0 Å². The summed E-state index contributed by atoms with van der Waals surface area (Å²) in [5, 5.41) is 0.896. The van der Waals surface area contributed by atoms with E-state index in [1.807, 2.05) is 73.8 Å². The van der Waals surface area contributed by atoms with Crippen LogP contribution in [0.25, 0.3) is 0 Å². The Morgan fingerprint density at radius 3 is 2.29 bits per heavy atom. The van der Waals surface area contributed by atoms with Crippen LogP contribution in [0.2, 0.25) is 0 Å². The highest BCUT2D eigenvalue weighted by Gasteiger charge is 2.29. The molecule has 3 rings (SSSR count). The molecule has 0 aliphatic rings. The molecule has 0 saturated carbocycles. The molecule has 3 nitrogen and oxygen atoms in total. The minimum atomic E-state index is -0.613. The number of Topliss-reactive ketones (excluding diaryl/α,β-unsaturated/α-hetero) is 1. The van der Waals surface area contributed by atoms with E-state index < -0.39 is 6.04 Å². The molecule has 1 heterocycles. The van der Waals surface area contributed by atoms with E-state index in [1.54, 1.807) is 11.3 Å². The Kier molecular flexibility index (Phi) is 5.18. The van der Waals surface area contributed by atoms with Gasteiger partial charge in [0.1, 0.15) is 5.01 Å². The molecule has 0 amide bonds. The van der Waals surface area contributed by atoms with Crippen molar-refractivity contribution in [2.45, 2.75) is 25.3 Å². The van der Waals surface area contributed by atoms with Crippen LogP contribution >= 0.6 is 11.3 Å². The predicted octanol–water partition coefficient (Wildman–Crippen LogP) is 3.72. The molecular weight excluding hydrogens is 316 g/mol. The highest BCUT2D eigenvalue weighted by molar-refractivity contribution is 7.11. The molecule has 2 N–H and O–H groups in total. The van der Waals surface area contributed by atoms with Crippen LogP contribution < -0.4 is 5.73 Å². The molecule has 0 aliphatic heterocycles. The van der Waals surface area contributed by atoms with Crippen LogP contribution in [0.3, 0.4) is 0 Å². The van der Waals surface area contributed by atoms with E-state index in [1.165, 1.54) is 0 Å². The standard InChI is InChI=1S/C20H20N2OS/c1-14-13-22-20(24-14)18(16-10-6-3-7-11-16)19(21)17(23)12-15-8-4-2-5-9-15/h2-11,13,18-19H,12,21H2,1H3. The lowest BCUT2D eigenvalue weighted by Gasteiger charge is -2.21. The van der Waals surface area contributed by atoms with Gasteiger partial charge < -0.3 is 5.73 Å². The lowest BCUT2D eigenvalue weighted by molar-refractivity contribution is -0.119. The number of hydrogen-bond donors (Lipinski definition) is 1. The van der Waals surface area contributed by atoms with Crippen LogP contribution in [-0.4, -0.2) is 16.8 Å². The second kappa shape index (κ2) is 7.51. The van der Waals surface area contributed by atoms with Crippen molar-refractivity contribution in [3.05, 3.63) is 87.9 Å². The van der Waals surface area contributed by atoms with Crippen LogP contribution in [0.5, 0.6) is 0 Å². The summed E-state index contributed by atoms with van der Waals surface area (Å²) in [5.41, 5.74) is 8.41. The number of aryl methyl sites for hydroxylation is 1. The Hall–Kier alpha value is -2.30.